The van der Waals surface area contributed by atoms with E-state index < -0.39 is 0 Å². The Labute approximate surface area is 108 Å². The fourth-order valence-electron chi connectivity index (χ4n) is 2.42. The first kappa shape index (κ1) is 13.1. The number of likely N-dealkylation sites (tertiary alicyclic amines) is 1. The average molecular weight is 248 g/mol. The molecule has 1 aromatic carbocycles. The highest BCUT2D eigenvalue weighted by atomic mass is 16.3. The Hall–Kier alpha value is -1.39. The molecule has 0 aromatic heterocycles. The molecule has 18 heavy (non-hydrogen) atoms. The molecule has 2 N–H and O–H groups in total. The first-order chi connectivity index (χ1) is 8.72. The molecule has 1 aliphatic rings. The molecule has 1 amide bonds. The summed E-state index contributed by atoms with van der Waals surface area (Å²) in [5, 5.41) is 11.8. The fraction of sp³-hybridized carbons (Fsp3) is 0.500. The monoisotopic (exact) mass is 248 g/mol. The van der Waals surface area contributed by atoms with Gasteiger partial charge in [0.2, 0.25) is 0 Å². The lowest BCUT2D eigenvalue weighted by Gasteiger charge is -2.16. The molecule has 1 unspecified atom stereocenters. The molecule has 1 aliphatic heterocycles. The highest BCUT2D eigenvalue weighted by Crippen LogP contribution is 2.18. The van der Waals surface area contributed by atoms with Crippen molar-refractivity contribution in [1.29, 1.82) is 0 Å². The number of benzene rings is 1. The van der Waals surface area contributed by atoms with Crippen molar-refractivity contribution in [2.75, 3.05) is 26.7 Å². The topological polar surface area (TPSA) is 52.6 Å². The summed E-state index contributed by atoms with van der Waals surface area (Å²) in [5.74, 6) is 0.360. The second-order valence-electron chi connectivity index (χ2n) is 4.85. The summed E-state index contributed by atoms with van der Waals surface area (Å²) in [5.41, 5.74) is 1.85. The fourth-order valence-corrected chi connectivity index (χ4v) is 2.42. The van der Waals surface area contributed by atoms with Crippen molar-refractivity contribution in [3.05, 3.63) is 35.4 Å². The van der Waals surface area contributed by atoms with E-state index in [1.165, 1.54) is 0 Å². The molecule has 4 heteroatoms. The smallest absolute Gasteiger partial charge is 0.251 e. The van der Waals surface area contributed by atoms with Gasteiger partial charge in [0.1, 0.15) is 0 Å². The van der Waals surface area contributed by atoms with Gasteiger partial charge in [-0.25, -0.2) is 0 Å². The summed E-state index contributed by atoms with van der Waals surface area (Å²) in [6.45, 7) is 3.09. The third kappa shape index (κ3) is 3.09. The minimum atomic E-state index is -0.0495. The lowest BCUT2D eigenvalue weighted by atomic mass is 10.1. The van der Waals surface area contributed by atoms with Crippen molar-refractivity contribution >= 4 is 5.91 Å². The molecule has 1 atom stereocenters. The van der Waals surface area contributed by atoms with Crippen LogP contribution in [0.2, 0.25) is 0 Å². The number of carbonyl (C=O) groups excluding carboxylic acids is 1. The molecule has 1 fully saturated rings. The Bertz CT molecular complexity index is 420. The highest BCUT2D eigenvalue weighted by Gasteiger charge is 2.21. The molecule has 98 valence electrons. The van der Waals surface area contributed by atoms with Gasteiger partial charge >= 0.3 is 0 Å². The SMILES string of the molecule is CNC(=O)c1cccc(CN2CCC(CO)C2)c1. The Morgan fingerprint density at radius 2 is 2.39 bits per heavy atom. The summed E-state index contributed by atoms with van der Waals surface area (Å²) in [6.07, 6.45) is 1.06. The van der Waals surface area contributed by atoms with Crippen LogP contribution in [-0.4, -0.2) is 42.7 Å². The van der Waals surface area contributed by atoms with Crippen molar-refractivity contribution in [1.82, 2.24) is 10.2 Å². The number of rotatable bonds is 4. The number of hydrogen-bond donors (Lipinski definition) is 2. The summed E-state index contributed by atoms with van der Waals surface area (Å²) in [6, 6.07) is 7.71. The van der Waals surface area contributed by atoms with Crippen LogP contribution in [0.15, 0.2) is 24.3 Å². The summed E-state index contributed by atoms with van der Waals surface area (Å²) in [4.78, 5) is 13.9. The second kappa shape index (κ2) is 5.98. The van der Waals surface area contributed by atoms with E-state index in [1.807, 2.05) is 24.3 Å². The van der Waals surface area contributed by atoms with E-state index in [2.05, 4.69) is 10.2 Å². The van der Waals surface area contributed by atoms with E-state index in [0.29, 0.717) is 11.5 Å². The Morgan fingerprint density at radius 3 is 3.06 bits per heavy atom. The number of nitrogens with one attached hydrogen (secondary N) is 1. The maximum absolute atomic E-state index is 11.5. The summed E-state index contributed by atoms with van der Waals surface area (Å²) in [7, 11) is 1.64. The van der Waals surface area contributed by atoms with Crippen LogP contribution in [0.1, 0.15) is 22.3 Å². The molecule has 2 rings (SSSR count). The van der Waals surface area contributed by atoms with Crippen LogP contribution in [0.3, 0.4) is 0 Å². The van der Waals surface area contributed by atoms with Gasteiger partial charge in [-0.2, -0.15) is 0 Å². The highest BCUT2D eigenvalue weighted by molar-refractivity contribution is 5.94. The normalized spacial score (nSPS) is 20.0. The Balaban J connectivity index is 1.99. The van der Waals surface area contributed by atoms with Crippen LogP contribution < -0.4 is 5.32 Å². The lowest BCUT2D eigenvalue weighted by Crippen LogP contribution is -2.22. The van der Waals surface area contributed by atoms with Crippen LogP contribution in [0, 0.1) is 5.92 Å². The van der Waals surface area contributed by atoms with Crippen molar-refractivity contribution in [3.63, 3.8) is 0 Å². The predicted molar refractivity (Wildman–Crippen MR) is 70.3 cm³/mol. The molecule has 0 radical (unpaired) electrons. The van der Waals surface area contributed by atoms with Gasteiger partial charge < -0.3 is 10.4 Å². The minimum Gasteiger partial charge on any atom is -0.396 e. The number of carbonyl (C=O) groups is 1. The third-order valence-corrected chi connectivity index (χ3v) is 3.45. The molecule has 1 aromatic rings. The quantitative estimate of drug-likeness (QED) is 0.831. The van der Waals surface area contributed by atoms with E-state index in [4.69, 9.17) is 5.11 Å². The van der Waals surface area contributed by atoms with E-state index in [-0.39, 0.29) is 12.5 Å². The first-order valence-corrected chi connectivity index (χ1v) is 6.37. The van der Waals surface area contributed by atoms with Gasteiger partial charge in [0.05, 0.1) is 0 Å². The number of aliphatic hydroxyl groups is 1. The van der Waals surface area contributed by atoms with E-state index in [1.54, 1.807) is 7.05 Å². The molecule has 4 nitrogen and oxygen atoms in total. The van der Waals surface area contributed by atoms with E-state index >= 15 is 0 Å². The third-order valence-electron chi connectivity index (χ3n) is 3.45. The zero-order chi connectivity index (χ0) is 13.0. The van der Waals surface area contributed by atoms with Gasteiger partial charge in [-0.1, -0.05) is 12.1 Å². The number of amides is 1. The zero-order valence-electron chi connectivity index (χ0n) is 10.7. The van der Waals surface area contributed by atoms with Gasteiger partial charge in [0, 0.05) is 32.3 Å². The number of hydrogen-bond acceptors (Lipinski definition) is 3. The molecule has 0 bridgehead atoms. The Morgan fingerprint density at radius 1 is 1.56 bits per heavy atom. The van der Waals surface area contributed by atoms with Crippen molar-refractivity contribution in [3.8, 4) is 0 Å². The predicted octanol–water partition coefficient (Wildman–Crippen LogP) is 0.860. The van der Waals surface area contributed by atoms with Crippen molar-refractivity contribution in [2.24, 2.45) is 5.92 Å². The van der Waals surface area contributed by atoms with Gasteiger partial charge in [-0.15, -0.1) is 0 Å². The van der Waals surface area contributed by atoms with E-state index in [0.717, 1.165) is 31.6 Å². The molecule has 1 saturated heterocycles. The molecular weight excluding hydrogens is 228 g/mol. The average Bonchev–Trinajstić information content (AvgIpc) is 2.86. The molecule has 0 saturated carbocycles. The van der Waals surface area contributed by atoms with Crippen LogP contribution in [0.5, 0.6) is 0 Å². The van der Waals surface area contributed by atoms with E-state index in [9.17, 15) is 4.79 Å². The minimum absolute atomic E-state index is 0.0495. The molecule has 0 aliphatic carbocycles. The van der Waals surface area contributed by atoms with Crippen LogP contribution >= 0.6 is 0 Å². The van der Waals surface area contributed by atoms with Gasteiger partial charge in [0.25, 0.3) is 5.91 Å². The van der Waals surface area contributed by atoms with Crippen LogP contribution in [-0.2, 0) is 6.54 Å². The van der Waals surface area contributed by atoms with Crippen LogP contribution in [0.4, 0.5) is 0 Å². The second-order valence-corrected chi connectivity index (χ2v) is 4.85. The maximum atomic E-state index is 11.5. The maximum Gasteiger partial charge on any atom is 0.251 e. The standard InChI is InChI=1S/C14H20N2O2/c1-15-14(18)13-4-2-3-11(7-13)8-16-6-5-12(9-16)10-17/h2-4,7,12,17H,5-6,8-10H2,1H3,(H,15,18). The summed E-state index contributed by atoms with van der Waals surface area (Å²) >= 11 is 0. The largest absolute Gasteiger partial charge is 0.396 e. The van der Waals surface area contributed by atoms with Gasteiger partial charge in [-0.3, -0.25) is 9.69 Å². The molecule has 0 spiro atoms. The zero-order valence-corrected chi connectivity index (χ0v) is 10.7. The molecular formula is C14H20N2O2. The molecule has 1 heterocycles. The van der Waals surface area contributed by atoms with Crippen molar-refractivity contribution in [2.45, 2.75) is 13.0 Å². The van der Waals surface area contributed by atoms with Gasteiger partial charge in [0.15, 0.2) is 0 Å². The lowest BCUT2D eigenvalue weighted by molar-refractivity contribution is 0.0963. The van der Waals surface area contributed by atoms with Gasteiger partial charge in [-0.05, 0) is 36.6 Å². The number of aliphatic hydroxyl groups excluding tert-OH is 1. The first-order valence-electron chi connectivity index (χ1n) is 6.37. The van der Waals surface area contributed by atoms with Crippen molar-refractivity contribution < 1.29 is 9.90 Å². The number of nitrogens with zero attached hydrogens (tertiary/aromatic N) is 1. The Kier molecular flexibility index (Phi) is 4.33. The van der Waals surface area contributed by atoms with Crippen LogP contribution in [0.25, 0.3) is 0 Å². The summed E-state index contributed by atoms with van der Waals surface area (Å²) < 4.78 is 0.